The van der Waals surface area contributed by atoms with Gasteiger partial charge in [0, 0.05) is 45.5 Å². The van der Waals surface area contributed by atoms with Gasteiger partial charge in [-0.2, -0.15) is 0 Å². The quantitative estimate of drug-likeness (QED) is 0.869. The number of anilines is 1. The maximum Gasteiger partial charge on any atom is 0.224 e. The van der Waals surface area contributed by atoms with Gasteiger partial charge in [0.1, 0.15) is 5.82 Å². The van der Waals surface area contributed by atoms with Gasteiger partial charge >= 0.3 is 0 Å². The Bertz CT molecular complexity index is 655. The van der Waals surface area contributed by atoms with Gasteiger partial charge in [-0.1, -0.05) is 0 Å². The monoisotopic (exact) mass is 342 g/mol. The number of likely N-dealkylation sites (tertiary alicyclic amines) is 1. The van der Waals surface area contributed by atoms with Crippen molar-refractivity contribution in [3.8, 4) is 0 Å². The van der Waals surface area contributed by atoms with E-state index in [0.29, 0.717) is 18.9 Å². The molecule has 0 aromatic carbocycles. The molecule has 1 saturated heterocycles. The van der Waals surface area contributed by atoms with Gasteiger partial charge in [-0.05, 0) is 31.6 Å². The number of nitrogens with one attached hydrogen (secondary N) is 1. The van der Waals surface area contributed by atoms with Crippen molar-refractivity contribution in [2.75, 3.05) is 25.5 Å². The van der Waals surface area contributed by atoms with E-state index in [0.717, 1.165) is 50.3 Å². The lowest BCUT2D eigenvalue weighted by atomic mass is 9.95. The molecule has 3 heterocycles. The SMILES string of the molecule is CNc1cnc(CC2CCCN(C(=O)CCn3ccnc3)CC2)cn1. The van der Waals surface area contributed by atoms with E-state index in [1.165, 1.54) is 0 Å². The van der Waals surface area contributed by atoms with Gasteiger partial charge in [-0.25, -0.2) is 9.97 Å². The van der Waals surface area contributed by atoms with E-state index in [-0.39, 0.29) is 5.91 Å². The summed E-state index contributed by atoms with van der Waals surface area (Å²) in [5, 5.41) is 2.98. The number of hydrogen-bond donors (Lipinski definition) is 1. The average Bonchev–Trinajstić information content (AvgIpc) is 3.06. The Morgan fingerprint density at radius 1 is 1.28 bits per heavy atom. The molecule has 3 rings (SSSR count). The number of aromatic nitrogens is 4. The maximum absolute atomic E-state index is 12.4. The molecule has 1 N–H and O–H groups in total. The fourth-order valence-electron chi connectivity index (χ4n) is 3.31. The Kier molecular flexibility index (Phi) is 5.98. The molecule has 0 radical (unpaired) electrons. The highest BCUT2D eigenvalue weighted by atomic mass is 16.2. The average molecular weight is 342 g/mol. The van der Waals surface area contributed by atoms with Crippen molar-refractivity contribution in [3.05, 3.63) is 36.8 Å². The lowest BCUT2D eigenvalue weighted by Crippen LogP contribution is -2.32. The molecule has 7 nitrogen and oxygen atoms in total. The summed E-state index contributed by atoms with van der Waals surface area (Å²) in [5.74, 6) is 1.60. The van der Waals surface area contributed by atoms with Crippen molar-refractivity contribution in [3.63, 3.8) is 0 Å². The van der Waals surface area contributed by atoms with Gasteiger partial charge < -0.3 is 14.8 Å². The normalized spacial score (nSPS) is 18.0. The van der Waals surface area contributed by atoms with Crippen LogP contribution in [0.15, 0.2) is 31.1 Å². The summed E-state index contributed by atoms with van der Waals surface area (Å²) in [7, 11) is 1.84. The van der Waals surface area contributed by atoms with Crippen LogP contribution in [0.3, 0.4) is 0 Å². The molecule has 1 aliphatic heterocycles. The highest BCUT2D eigenvalue weighted by Crippen LogP contribution is 2.21. The molecule has 134 valence electrons. The molecular formula is C18H26N6O. The van der Waals surface area contributed by atoms with Crippen molar-refractivity contribution in [1.29, 1.82) is 0 Å². The number of rotatable bonds is 6. The molecule has 0 aliphatic carbocycles. The molecule has 0 saturated carbocycles. The van der Waals surface area contributed by atoms with E-state index in [1.807, 2.05) is 28.9 Å². The molecular weight excluding hydrogens is 316 g/mol. The summed E-state index contributed by atoms with van der Waals surface area (Å²) in [6, 6.07) is 0. The van der Waals surface area contributed by atoms with E-state index >= 15 is 0 Å². The first-order valence-corrected chi connectivity index (χ1v) is 8.97. The van der Waals surface area contributed by atoms with Gasteiger partial charge in [-0.15, -0.1) is 0 Å². The van der Waals surface area contributed by atoms with Crippen LogP contribution in [-0.2, 0) is 17.8 Å². The van der Waals surface area contributed by atoms with Crippen LogP contribution >= 0.6 is 0 Å². The van der Waals surface area contributed by atoms with E-state index in [4.69, 9.17) is 0 Å². The zero-order chi connectivity index (χ0) is 17.5. The largest absolute Gasteiger partial charge is 0.372 e. The van der Waals surface area contributed by atoms with Crippen LogP contribution in [0, 0.1) is 5.92 Å². The summed E-state index contributed by atoms with van der Waals surface area (Å²) in [5.41, 5.74) is 1.03. The molecule has 2 aromatic rings. The number of hydrogen-bond acceptors (Lipinski definition) is 5. The molecule has 0 bridgehead atoms. The molecule has 1 unspecified atom stereocenters. The Morgan fingerprint density at radius 2 is 2.20 bits per heavy atom. The number of amides is 1. The minimum atomic E-state index is 0.243. The first-order valence-electron chi connectivity index (χ1n) is 8.97. The smallest absolute Gasteiger partial charge is 0.224 e. The lowest BCUT2D eigenvalue weighted by molar-refractivity contribution is -0.131. The number of carbonyl (C=O) groups excluding carboxylic acids is 1. The highest BCUT2D eigenvalue weighted by molar-refractivity contribution is 5.76. The molecule has 1 atom stereocenters. The summed E-state index contributed by atoms with van der Waals surface area (Å²) >= 11 is 0. The predicted molar refractivity (Wildman–Crippen MR) is 96.0 cm³/mol. The summed E-state index contributed by atoms with van der Waals surface area (Å²) < 4.78 is 1.95. The van der Waals surface area contributed by atoms with Crippen LogP contribution in [0.2, 0.25) is 0 Å². The van der Waals surface area contributed by atoms with E-state index < -0.39 is 0 Å². The molecule has 0 spiro atoms. The van der Waals surface area contributed by atoms with Gasteiger partial charge in [0.15, 0.2) is 0 Å². The van der Waals surface area contributed by atoms with E-state index in [2.05, 4.69) is 20.3 Å². The third kappa shape index (κ3) is 5.01. The number of carbonyl (C=O) groups is 1. The van der Waals surface area contributed by atoms with Gasteiger partial charge in [0.2, 0.25) is 5.91 Å². The topological polar surface area (TPSA) is 75.9 Å². The molecule has 7 heteroatoms. The summed E-state index contributed by atoms with van der Waals surface area (Å²) in [4.78, 5) is 27.3. The van der Waals surface area contributed by atoms with E-state index in [9.17, 15) is 4.79 Å². The fourth-order valence-corrected chi connectivity index (χ4v) is 3.31. The van der Waals surface area contributed by atoms with Crippen molar-refractivity contribution >= 4 is 11.7 Å². The molecule has 1 fully saturated rings. The van der Waals surface area contributed by atoms with Crippen LogP contribution in [0.5, 0.6) is 0 Å². The molecule has 1 aliphatic rings. The minimum absolute atomic E-state index is 0.243. The van der Waals surface area contributed by atoms with Gasteiger partial charge in [-0.3, -0.25) is 9.78 Å². The second kappa shape index (κ2) is 8.60. The standard InChI is InChI=1S/C18H26N6O/c1-19-17-13-21-16(12-22-17)11-15-3-2-7-24(9-4-15)18(25)5-8-23-10-6-20-14-23/h6,10,12-15H,2-5,7-9,11H2,1H3,(H,19,22). The van der Waals surface area contributed by atoms with Crippen LogP contribution < -0.4 is 5.32 Å². The highest BCUT2D eigenvalue weighted by Gasteiger charge is 2.21. The number of nitrogens with zero attached hydrogens (tertiary/aromatic N) is 5. The molecule has 2 aromatic heterocycles. The minimum Gasteiger partial charge on any atom is -0.372 e. The Morgan fingerprint density at radius 3 is 2.92 bits per heavy atom. The maximum atomic E-state index is 12.4. The third-order valence-corrected chi connectivity index (χ3v) is 4.80. The van der Waals surface area contributed by atoms with Crippen LogP contribution in [0.25, 0.3) is 0 Å². The third-order valence-electron chi connectivity index (χ3n) is 4.80. The summed E-state index contributed by atoms with van der Waals surface area (Å²) in [6.07, 6.45) is 13.7. The number of aryl methyl sites for hydroxylation is 1. The fraction of sp³-hybridized carbons (Fsp3) is 0.556. The van der Waals surface area contributed by atoms with Gasteiger partial charge in [0.05, 0.1) is 24.4 Å². The Hall–Kier alpha value is -2.44. The van der Waals surface area contributed by atoms with Crippen molar-refractivity contribution in [2.45, 2.75) is 38.6 Å². The van der Waals surface area contributed by atoms with Crippen LogP contribution in [0.1, 0.15) is 31.4 Å². The van der Waals surface area contributed by atoms with Crippen molar-refractivity contribution in [2.24, 2.45) is 5.92 Å². The Balaban J connectivity index is 1.46. The van der Waals surface area contributed by atoms with Crippen LogP contribution in [0.4, 0.5) is 5.82 Å². The van der Waals surface area contributed by atoms with E-state index in [1.54, 1.807) is 18.7 Å². The first kappa shape index (κ1) is 17.4. The summed E-state index contributed by atoms with van der Waals surface area (Å²) in [6.45, 7) is 2.41. The lowest BCUT2D eigenvalue weighted by Gasteiger charge is -2.20. The first-order chi connectivity index (χ1) is 12.2. The predicted octanol–water partition coefficient (Wildman–Crippen LogP) is 1.98. The van der Waals surface area contributed by atoms with Crippen molar-refractivity contribution < 1.29 is 4.79 Å². The van der Waals surface area contributed by atoms with Gasteiger partial charge in [0.25, 0.3) is 0 Å². The molecule has 25 heavy (non-hydrogen) atoms. The molecule has 1 amide bonds. The zero-order valence-electron chi connectivity index (χ0n) is 14.8. The second-order valence-corrected chi connectivity index (χ2v) is 6.58. The second-order valence-electron chi connectivity index (χ2n) is 6.58. The number of imidazole rings is 1. The van der Waals surface area contributed by atoms with Crippen molar-refractivity contribution in [1.82, 2.24) is 24.4 Å². The van der Waals surface area contributed by atoms with Crippen LogP contribution in [-0.4, -0.2) is 50.5 Å². The zero-order valence-corrected chi connectivity index (χ0v) is 14.8. The Labute approximate surface area is 148 Å².